The van der Waals surface area contributed by atoms with Crippen LogP contribution in [0.25, 0.3) is 22.8 Å². The molecule has 3 N–H and O–H groups in total. The van der Waals surface area contributed by atoms with Crippen molar-refractivity contribution in [3.05, 3.63) is 77.1 Å². The highest BCUT2D eigenvalue weighted by Gasteiger charge is 2.25. The van der Waals surface area contributed by atoms with E-state index in [0.717, 1.165) is 22.4 Å². The van der Waals surface area contributed by atoms with E-state index in [9.17, 15) is 9.59 Å². The second-order valence-corrected chi connectivity index (χ2v) is 6.23. The maximum absolute atomic E-state index is 12.4. The van der Waals surface area contributed by atoms with Gasteiger partial charge in [0.1, 0.15) is 5.69 Å². The predicted octanol–water partition coefficient (Wildman–Crippen LogP) is 4.18. The summed E-state index contributed by atoms with van der Waals surface area (Å²) in [5, 5.41) is 12.0. The fourth-order valence-corrected chi connectivity index (χ4v) is 3.19. The fraction of sp³-hybridized carbons (Fsp3) is 0.0476. The lowest BCUT2D eigenvalue weighted by Gasteiger charge is -2.04. The van der Waals surface area contributed by atoms with Crippen molar-refractivity contribution in [1.29, 1.82) is 0 Å². The Morgan fingerprint density at radius 1 is 1.04 bits per heavy atom. The minimum absolute atomic E-state index is 0.134. The van der Waals surface area contributed by atoms with Crippen LogP contribution in [-0.4, -0.2) is 22.0 Å². The smallest absolute Gasteiger partial charge is 0.352 e. The zero-order valence-electron chi connectivity index (χ0n) is 14.0. The molecule has 0 radical (unpaired) electrons. The number of aromatic carboxylic acids is 1. The molecule has 0 aliphatic carbocycles. The van der Waals surface area contributed by atoms with Gasteiger partial charge < -0.3 is 15.4 Å². The van der Waals surface area contributed by atoms with Gasteiger partial charge in [0.15, 0.2) is 0 Å². The lowest BCUT2D eigenvalue weighted by Crippen LogP contribution is -2.03. The Hall–Kier alpha value is -3.60. The van der Waals surface area contributed by atoms with Gasteiger partial charge in [0, 0.05) is 16.9 Å². The van der Waals surface area contributed by atoms with Gasteiger partial charge in [0.05, 0.1) is 5.57 Å². The molecule has 1 amide bonds. The van der Waals surface area contributed by atoms with Crippen LogP contribution in [0, 0.1) is 6.92 Å². The van der Waals surface area contributed by atoms with Crippen molar-refractivity contribution < 1.29 is 14.7 Å². The predicted molar refractivity (Wildman–Crippen MR) is 101 cm³/mol. The summed E-state index contributed by atoms with van der Waals surface area (Å²) in [7, 11) is 0. The van der Waals surface area contributed by atoms with E-state index >= 15 is 0 Å². The first-order valence-electron chi connectivity index (χ1n) is 8.19. The quantitative estimate of drug-likeness (QED) is 0.623. The largest absolute Gasteiger partial charge is 0.477 e. The van der Waals surface area contributed by atoms with Crippen molar-refractivity contribution in [3.8, 4) is 11.1 Å². The van der Waals surface area contributed by atoms with E-state index in [-0.39, 0.29) is 11.6 Å². The molecular weight excluding hydrogens is 328 g/mol. The number of nitrogens with one attached hydrogen (secondary N) is 2. The monoisotopic (exact) mass is 344 g/mol. The molecule has 0 spiro atoms. The van der Waals surface area contributed by atoms with E-state index in [2.05, 4.69) is 10.3 Å². The third kappa shape index (κ3) is 2.69. The van der Waals surface area contributed by atoms with Gasteiger partial charge in [-0.2, -0.15) is 0 Å². The Balaban J connectivity index is 1.74. The number of fused-ring (bicyclic) bond motifs is 1. The lowest BCUT2D eigenvalue weighted by atomic mass is 10.00. The molecule has 5 heteroatoms. The average molecular weight is 344 g/mol. The van der Waals surface area contributed by atoms with Crippen molar-refractivity contribution in [2.75, 3.05) is 5.32 Å². The highest BCUT2D eigenvalue weighted by atomic mass is 16.4. The van der Waals surface area contributed by atoms with Crippen LogP contribution in [0.15, 0.2) is 54.6 Å². The number of carboxylic acids is 1. The summed E-state index contributed by atoms with van der Waals surface area (Å²) in [6.07, 6.45) is 1.68. The number of amides is 1. The number of H-pyrrole nitrogens is 1. The van der Waals surface area contributed by atoms with Crippen molar-refractivity contribution in [3.63, 3.8) is 0 Å². The van der Waals surface area contributed by atoms with Crippen molar-refractivity contribution in [2.45, 2.75) is 6.92 Å². The van der Waals surface area contributed by atoms with Gasteiger partial charge in [-0.05, 0) is 41.8 Å². The number of carbonyl (C=O) groups is 2. The summed E-state index contributed by atoms with van der Waals surface area (Å²) >= 11 is 0. The van der Waals surface area contributed by atoms with Crippen LogP contribution in [0.5, 0.6) is 0 Å². The molecule has 0 unspecified atom stereocenters. The Kier molecular flexibility index (Phi) is 3.69. The minimum Gasteiger partial charge on any atom is -0.477 e. The van der Waals surface area contributed by atoms with Gasteiger partial charge in [-0.1, -0.05) is 42.5 Å². The van der Waals surface area contributed by atoms with Crippen LogP contribution >= 0.6 is 0 Å². The third-order valence-electron chi connectivity index (χ3n) is 4.46. The molecule has 3 aromatic rings. The summed E-state index contributed by atoms with van der Waals surface area (Å²) in [4.78, 5) is 26.4. The molecule has 0 atom stereocenters. The Morgan fingerprint density at radius 3 is 2.50 bits per heavy atom. The number of anilines is 1. The van der Waals surface area contributed by atoms with E-state index in [1.165, 1.54) is 0 Å². The number of rotatable bonds is 3. The first-order chi connectivity index (χ1) is 12.5. The molecule has 0 saturated carbocycles. The second-order valence-electron chi connectivity index (χ2n) is 6.23. The molecule has 128 valence electrons. The SMILES string of the molecule is Cc1cc(C=C2C(=O)Nc3cc(-c4ccccc4)ccc32)[nH]c1C(=O)O. The Morgan fingerprint density at radius 2 is 1.81 bits per heavy atom. The molecule has 1 aliphatic heterocycles. The fourth-order valence-electron chi connectivity index (χ4n) is 3.19. The zero-order chi connectivity index (χ0) is 18.3. The minimum atomic E-state index is -1.02. The van der Waals surface area contributed by atoms with E-state index in [1.807, 2.05) is 48.5 Å². The van der Waals surface area contributed by atoms with Gasteiger partial charge in [-0.25, -0.2) is 4.79 Å². The number of aryl methyl sites for hydroxylation is 1. The molecule has 0 bridgehead atoms. The normalized spacial score (nSPS) is 14.3. The molecule has 2 aromatic carbocycles. The highest BCUT2D eigenvalue weighted by Crippen LogP contribution is 2.36. The Labute approximate surface area is 150 Å². The molecule has 1 aliphatic rings. The Bertz CT molecular complexity index is 1060. The highest BCUT2D eigenvalue weighted by molar-refractivity contribution is 6.35. The number of hydrogen-bond acceptors (Lipinski definition) is 2. The van der Waals surface area contributed by atoms with Crippen LogP contribution in [-0.2, 0) is 4.79 Å². The number of aromatic nitrogens is 1. The molecule has 0 fully saturated rings. The topological polar surface area (TPSA) is 82.2 Å². The molecule has 0 saturated heterocycles. The summed E-state index contributed by atoms with van der Waals surface area (Å²) < 4.78 is 0. The number of carbonyl (C=O) groups excluding carboxylic acids is 1. The zero-order valence-corrected chi connectivity index (χ0v) is 14.0. The van der Waals surface area contributed by atoms with Gasteiger partial charge >= 0.3 is 5.97 Å². The van der Waals surface area contributed by atoms with Crippen LogP contribution < -0.4 is 5.32 Å². The van der Waals surface area contributed by atoms with Crippen LogP contribution in [0.2, 0.25) is 0 Å². The van der Waals surface area contributed by atoms with Crippen LogP contribution in [0.3, 0.4) is 0 Å². The first-order valence-corrected chi connectivity index (χ1v) is 8.19. The summed E-state index contributed by atoms with van der Waals surface area (Å²) in [5.74, 6) is -1.22. The van der Waals surface area contributed by atoms with Gasteiger partial charge in [-0.15, -0.1) is 0 Å². The number of carboxylic acid groups (broad SMARTS) is 1. The van der Waals surface area contributed by atoms with E-state index in [0.29, 0.717) is 16.8 Å². The van der Waals surface area contributed by atoms with Gasteiger partial charge in [0.25, 0.3) is 5.91 Å². The van der Waals surface area contributed by atoms with Crippen LogP contribution in [0.1, 0.15) is 27.3 Å². The average Bonchev–Trinajstić information content (AvgIpc) is 3.15. The molecule has 5 nitrogen and oxygen atoms in total. The summed E-state index contributed by atoms with van der Waals surface area (Å²) in [6, 6.07) is 17.5. The maximum Gasteiger partial charge on any atom is 0.352 e. The maximum atomic E-state index is 12.4. The third-order valence-corrected chi connectivity index (χ3v) is 4.46. The summed E-state index contributed by atoms with van der Waals surface area (Å²) in [6.45, 7) is 1.72. The molecule has 1 aromatic heterocycles. The lowest BCUT2D eigenvalue weighted by molar-refractivity contribution is -0.110. The number of benzene rings is 2. The first kappa shape index (κ1) is 15.9. The molecule has 4 rings (SSSR count). The summed E-state index contributed by atoms with van der Waals surface area (Å²) in [5.41, 5.74) is 5.52. The van der Waals surface area contributed by atoms with Gasteiger partial charge in [-0.3, -0.25) is 4.79 Å². The van der Waals surface area contributed by atoms with E-state index in [1.54, 1.807) is 19.1 Å². The van der Waals surface area contributed by atoms with E-state index in [4.69, 9.17) is 5.11 Å². The van der Waals surface area contributed by atoms with Gasteiger partial charge in [0.2, 0.25) is 0 Å². The van der Waals surface area contributed by atoms with Crippen molar-refractivity contribution in [1.82, 2.24) is 4.98 Å². The number of aromatic amines is 1. The molecule has 2 heterocycles. The van der Waals surface area contributed by atoms with E-state index < -0.39 is 5.97 Å². The standard InChI is InChI=1S/C21H16N2O3/c1-12-9-15(22-19(12)21(25)26)11-17-16-8-7-14(10-18(16)23-20(17)24)13-5-3-2-4-6-13/h2-11,22H,1H3,(H,23,24)(H,25,26). The van der Waals surface area contributed by atoms with Crippen LogP contribution in [0.4, 0.5) is 5.69 Å². The second kappa shape index (κ2) is 6.04. The van der Waals surface area contributed by atoms with Crippen molar-refractivity contribution >= 4 is 29.2 Å². The molecule has 26 heavy (non-hydrogen) atoms. The number of hydrogen-bond donors (Lipinski definition) is 3. The molecular formula is C21H16N2O3. The van der Waals surface area contributed by atoms with Crippen molar-refractivity contribution in [2.24, 2.45) is 0 Å².